The highest BCUT2D eigenvalue weighted by molar-refractivity contribution is 5.64. The molecule has 0 aliphatic carbocycles. The van der Waals surface area contributed by atoms with Gasteiger partial charge in [-0.1, -0.05) is 19.1 Å². The first kappa shape index (κ1) is 15.2. The highest BCUT2D eigenvalue weighted by Gasteiger charge is 2.05. The lowest BCUT2D eigenvalue weighted by molar-refractivity contribution is 0.317. The molecular formula is C17H23N3O. The lowest BCUT2D eigenvalue weighted by Gasteiger charge is -2.17. The number of hydrogen-bond acceptors (Lipinski definition) is 4. The molecule has 2 aromatic rings. The first-order valence-electron chi connectivity index (χ1n) is 7.28. The molecule has 1 N–H and O–H groups in total. The number of ether oxygens (including phenoxy) is 1. The van der Waals surface area contributed by atoms with Crippen LogP contribution >= 0.6 is 0 Å². The van der Waals surface area contributed by atoms with Crippen molar-refractivity contribution in [2.24, 2.45) is 0 Å². The van der Waals surface area contributed by atoms with Crippen LogP contribution in [0.5, 0.6) is 5.75 Å². The van der Waals surface area contributed by atoms with Crippen LogP contribution in [0.4, 0.5) is 11.5 Å². The fraction of sp³-hybridized carbons (Fsp3) is 0.353. The third-order valence-electron chi connectivity index (χ3n) is 3.06. The van der Waals surface area contributed by atoms with Crippen molar-refractivity contribution >= 4 is 11.5 Å². The van der Waals surface area contributed by atoms with Gasteiger partial charge >= 0.3 is 0 Å². The second-order valence-corrected chi connectivity index (χ2v) is 5.12. The second kappa shape index (κ2) is 7.53. The van der Waals surface area contributed by atoms with Crippen LogP contribution in [0.3, 0.4) is 0 Å². The van der Waals surface area contributed by atoms with E-state index in [1.165, 1.54) is 5.56 Å². The summed E-state index contributed by atoms with van der Waals surface area (Å²) < 4.78 is 5.66. The Balaban J connectivity index is 2.03. The van der Waals surface area contributed by atoms with Gasteiger partial charge in [-0.25, -0.2) is 4.98 Å². The van der Waals surface area contributed by atoms with Gasteiger partial charge in [-0.15, -0.1) is 0 Å². The maximum atomic E-state index is 5.66. The minimum atomic E-state index is 0.746. The quantitative estimate of drug-likeness (QED) is 0.844. The van der Waals surface area contributed by atoms with Gasteiger partial charge in [0.1, 0.15) is 5.75 Å². The Morgan fingerprint density at radius 3 is 2.81 bits per heavy atom. The molecule has 0 radical (unpaired) electrons. The van der Waals surface area contributed by atoms with E-state index in [-0.39, 0.29) is 0 Å². The van der Waals surface area contributed by atoms with E-state index in [1.54, 1.807) is 6.20 Å². The molecule has 0 amide bonds. The smallest absolute Gasteiger partial charge is 0.151 e. The summed E-state index contributed by atoms with van der Waals surface area (Å²) in [5.74, 6) is 1.87. The summed E-state index contributed by atoms with van der Waals surface area (Å²) in [6.45, 7) is 3.61. The summed E-state index contributed by atoms with van der Waals surface area (Å²) in [5.41, 5.74) is 2.22. The number of nitrogens with zero attached hydrogens (tertiary/aromatic N) is 2. The van der Waals surface area contributed by atoms with Crippen LogP contribution in [0, 0.1) is 0 Å². The lowest BCUT2D eigenvalue weighted by Crippen LogP contribution is -2.13. The summed E-state index contributed by atoms with van der Waals surface area (Å²) in [7, 11) is 3.99. The van der Waals surface area contributed by atoms with Crippen LogP contribution in [0.25, 0.3) is 0 Å². The van der Waals surface area contributed by atoms with Crippen LogP contribution in [-0.2, 0) is 6.54 Å². The largest absolute Gasteiger partial charge is 0.494 e. The maximum Gasteiger partial charge on any atom is 0.151 e. The number of anilines is 2. The first-order valence-corrected chi connectivity index (χ1v) is 7.28. The third kappa shape index (κ3) is 4.38. The molecule has 4 heteroatoms. The molecule has 2 rings (SSSR count). The van der Waals surface area contributed by atoms with Crippen molar-refractivity contribution in [1.82, 2.24) is 4.98 Å². The summed E-state index contributed by atoms with van der Waals surface area (Å²) >= 11 is 0. The monoisotopic (exact) mass is 285 g/mol. The second-order valence-electron chi connectivity index (χ2n) is 5.12. The zero-order valence-corrected chi connectivity index (χ0v) is 13.0. The van der Waals surface area contributed by atoms with Gasteiger partial charge in [-0.3, -0.25) is 0 Å². The molecule has 0 atom stereocenters. The Hall–Kier alpha value is -2.23. The first-order chi connectivity index (χ1) is 10.2. The fourth-order valence-corrected chi connectivity index (χ4v) is 2.05. The molecule has 0 aliphatic rings. The van der Waals surface area contributed by atoms with Gasteiger partial charge in [0.05, 0.1) is 12.3 Å². The number of hydrogen-bond donors (Lipinski definition) is 1. The number of benzene rings is 1. The minimum Gasteiger partial charge on any atom is -0.494 e. The molecule has 21 heavy (non-hydrogen) atoms. The molecule has 0 fully saturated rings. The molecule has 1 heterocycles. The van der Waals surface area contributed by atoms with Gasteiger partial charge in [0.15, 0.2) is 5.82 Å². The average Bonchev–Trinajstić information content (AvgIpc) is 2.51. The van der Waals surface area contributed by atoms with E-state index in [0.29, 0.717) is 0 Å². The zero-order chi connectivity index (χ0) is 15.1. The molecule has 1 aromatic carbocycles. The predicted molar refractivity (Wildman–Crippen MR) is 88.1 cm³/mol. The van der Waals surface area contributed by atoms with Crippen molar-refractivity contribution in [2.75, 3.05) is 30.9 Å². The standard InChI is InChI=1S/C17H23N3O/c1-4-11-21-15-8-5-7-14(12-15)13-19-16-9-6-10-18-17(16)20(2)3/h5-10,12,19H,4,11,13H2,1-3H3. The fourth-order valence-electron chi connectivity index (χ4n) is 2.05. The molecule has 0 saturated heterocycles. The van der Waals surface area contributed by atoms with Crippen LogP contribution < -0.4 is 15.0 Å². The Kier molecular flexibility index (Phi) is 5.43. The van der Waals surface area contributed by atoms with Gasteiger partial charge in [-0.05, 0) is 36.2 Å². The molecule has 0 aliphatic heterocycles. The number of pyridine rings is 1. The SMILES string of the molecule is CCCOc1cccc(CNc2cccnc2N(C)C)c1. The highest BCUT2D eigenvalue weighted by Crippen LogP contribution is 2.22. The van der Waals surface area contributed by atoms with E-state index >= 15 is 0 Å². The van der Waals surface area contributed by atoms with Crippen molar-refractivity contribution in [3.63, 3.8) is 0 Å². The Morgan fingerprint density at radius 1 is 1.19 bits per heavy atom. The lowest BCUT2D eigenvalue weighted by atomic mass is 10.2. The van der Waals surface area contributed by atoms with E-state index in [9.17, 15) is 0 Å². The van der Waals surface area contributed by atoms with Gasteiger partial charge in [0, 0.05) is 26.8 Å². The van der Waals surface area contributed by atoms with E-state index in [4.69, 9.17) is 4.74 Å². The molecule has 1 aromatic heterocycles. The van der Waals surface area contributed by atoms with Gasteiger partial charge in [-0.2, -0.15) is 0 Å². The topological polar surface area (TPSA) is 37.4 Å². The highest BCUT2D eigenvalue weighted by atomic mass is 16.5. The molecular weight excluding hydrogens is 262 g/mol. The minimum absolute atomic E-state index is 0.746. The molecule has 4 nitrogen and oxygen atoms in total. The molecule has 0 saturated carbocycles. The third-order valence-corrected chi connectivity index (χ3v) is 3.06. The van der Waals surface area contributed by atoms with Crippen LogP contribution in [0.2, 0.25) is 0 Å². The Morgan fingerprint density at radius 2 is 2.05 bits per heavy atom. The van der Waals surface area contributed by atoms with Crippen molar-refractivity contribution in [3.05, 3.63) is 48.2 Å². The average molecular weight is 285 g/mol. The van der Waals surface area contributed by atoms with E-state index in [0.717, 1.165) is 36.8 Å². The van der Waals surface area contributed by atoms with Crippen LogP contribution in [-0.4, -0.2) is 25.7 Å². The van der Waals surface area contributed by atoms with Crippen molar-refractivity contribution in [3.8, 4) is 5.75 Å². The van der Waals surface area contributed by atoms with Crippen LogP contribution in [0.15, 0.2) is 42.6 Å². The Labute approximate surface area is 126 Å². The van der Waals surface area contributed by atoms with Gasteiger partial charge in [0.2, 0.25) is 0 Å². The number of rotatable bonds is 7. The van der Waals surface area contributed by atoms with Crippen molar-refractivity contribution in [1.29, 1.82) is 0 Å². The van der Waals surface area contributed by atoms with Crippen molar-refractivity contribution in [2.45, 2.75) is 19.9 Å². The van der Waals surface area contributed by atoms with E-state index in [2.05, 4.69) is 29.4 Å². The summed E-state index contributed by atoms with van der Waals surface area (Å²) in [4.78, 5) is 6.39. The van der Waals surface area contributed by atoms with Crippen molar-refractivity contribution < 1.29 is 4.74 Å². The van der Waals surface area contributed by atoms with Gasteiger partial charge < -0.3 is 15.0 Å². The number of aromatic nitrogens is 1. The summed E-state index contributed by atoms with van der Waals surface area (Å²) in [5, 5.41) is 3.43. The predicted octanol–water partition coefficient (Wildman–Crippen LogP) is 3.55. The van der Waals surface area contributed by atoms with E-state index < -0.39 is 0 Å². The summed E-state index contributed by atoms with van der Waals surface area (Å²) in [6, 6.07) is 12.2. The molecule has 112 valence electrons. The number of nitrogens with one attached hydrogen (secondary N) is 1. The maximum absolute atomic E-state index is 5.66. The molecule has 0 spiro atoms. The normalized spacial score (nSPS) is 10.2. The van der Waals surface area contributed by atoms with Crippen LogP contribution in [0.1, 0.15) is 18.9 Å². The zero-order valence-electron chi connectivity index (χ0n) is 13.0. The summed E-state index contributed by atoms with van der Waals surface area (Å²) in [6.07, 6.45) is 2.82. The van der Waals surface area contributed by atoms with E-state index in [1.807, 2.05) is 43.3 Å². The van der Waals surface area contributed by atoms with Gasteiger partial charge in [0.25, 0.3) is 0 Å². The molecule has 0 unspecified atom stereocenters. The molecule has 0 bridgehead atoms. The Bertz CT molecular complexity index is 569.